The third-order valence-electron chi connectivity index (χ3n) is 8.31. The fraction of sp³-hybridized carbons (Fsp3) is 0.917. The van der Waals surface area contributed by atoms with Gasteiger partial charge >= 0.3 is 10.5 Å². The van der Waals surface area contributed by atoms with Crippen LogP contribution in [0.15, 0.2) is 0 Å². The van der Waals surface area contributed by atoms with Crippen LogP contribution in [-0.2, 0) is 9.68 Å². The molecule has 0 unspecified atom stereocenters. The molecule has 0 atom stereocenters. The molecule has 6 saturated carbocycles. The van der Waals surface area contributed by atoms with Crippen LogP contribution in [0.3, 0.4) is 0 Å². The summed E-state index contributed by atoms with van der Waals surface area (Å²) >= 11 is 2.83. The van der Waals surface area contributed by atoms with Crippen molar-refractivity contribution in [1.82, 2.24) is 11.0 Å². The lowest BCUT2D eigenvalue weighted by molar-refractivity contribution is -0.258. The van der Waals surface area contributed by atoms with E-state index in [1.54, 1.807) is 0 Å². The van der Waals surface area contributed by atoms with Gasteiger partial charge in [-0.05, 0) is 69.6 Å². The Hall–Kier alpha value is -0.440. The average Bonchev–Trinajstić information content (AvgIpc) is 2.77. The maximum Gasteiger partial charge on any atom is 0.302 e. The minimum atomic E-state index is -0.353. The summed E-state index contributed by atoms with van der Waals surface area (Å²) in [5.74, 6) is 1.09. The van der Waals surface area contributed by atoms with Crippen LogP contribution in [0, 0.1) is 11.8 Å². The van der Waals surface area contributed by atoms with Crippen molar-refractivity contribution in [3.63, 3.8) is 0 Å². The number of nitrogens with one attached hydrogen (secondary N) is 2. The molecule has 0 spiro atoms. The summed E-state index contributed by atoms with van der Waals surface area (Å²) in [7, 11) is 0. The predicted octanol–water partition coefficient (Wildman–Crippen LogP) is 6.49. The monoisotopic (exact) mass is 482 g/mol. The number of carbonyl (C=O) groups is 2. The van der Waals surface area contributed by atoms with Crippen LogP contribution in [0.2, 0.25) is 0 Å². The van der Waals surface area contributed by atoms with Gasteiger partial charge in [-0.25, -0.2) is 11.0 Å². The Balaban J connectivity index is 1.13. The highest BCUT2D eigenvalue weighted by molar-refractivity contribution is 8.14. The third-order valence-corrected chi connectivity index (χ3v) is 10.5. The topological polar surface area (TPSA) is 76.7 Å². The molecule has 32 heavy (non-hydrogen) atoms. The maximum absolute atomic E-state index is 12.5. The summed E-state index contributed by atoms with van der Waals surface area (Å²) in [6.45, 7) is 0. The molecular weight excluding hydrogens is 444 g/mol. The standard InChI is InChI=1S/C24H38N2O4S2/c27-21(31-19-7-3-1-4-8-19)25-29-23-12-17-11-18(13-23)15-24(14-17,16-23)30-26-22(28)32-20-9-5-2-6-10-20/h17-20H,1-16H2,(H,25,27)(H,26,28). The van der Waals surface area contributed by atoms with E-state index in [1.165, 1.54) is 68.5 Å². The van der Waals surface area contributed by atoms with E-state index < -0.39 is 0 Å². The minimum absolute atomic E-state index is 0.0557. The van der Waals surface area contributed by atoms with Crippen LogP contribution in [0.5, 0.6) is 0 Å². The summed E-state index contributed by atoms with van der Waals surface area (Å²) < 4.78 is 0. The lowest BCUT2D eigenvalue weighted by atomic mass is 9.52. The smallest absolute Gasteiger partial charge is 0.266 e. The zero-order chi connectivity index (χ0) is 22.0. The Morgan fingerprint density at radius 1 is 0.656 bits per heavy atom. The van der Waals surface area contributed by atoms with E-state index in [1.807, 2.05) is 0 Å². The molecule has 6 fully saturated rings. The Morgan fingerprint density at radius 2 is 1.06 bits per heavy atom. The molecule has 0 aliphatic heterocycles. The molecule has 2 N–H and O–H groups in total. The van der Waals surface area contributed by atoms with Crippen molar-refractivity contribution < 1.29 is 19.3 Å². The van der Waals surface area contributed by atoms with Gasteiger partial charge in [-0.1, -0.05) is 62.0 Å². The van der Waals surface area contributed by atoms with Gasteiger partial charge in [-0.3, -0.25) is 19.3 Å². The summed E-state index contributed by atoms with van der Waals surface area (Å²) in [6, 6.07) is 0. The second-order valence-corrected chi connectivity index (χ2v) is 13.6. The van der Waals surface area contributed by atoms with Crippen LogP contribution in [-0.4, -0.2) is 32.2 Å². The van der Waals surface area contributed by atoms with E-state index in [0.717, 1.165) is 57.8 Å². The van der Waals surface area contributed by atoms with Gasteiger partial charge in [0.15, 0.2) is 0 Å². The highest BCUT2D eigenvalue weighted by Gasteiger charge is 2.60. The van der Waals surface area contributed by atoms with E-state index in [-0.39, 0.29) is 21.7 Å². The molecule has 0 heterocycles. The molecule has 0 aromatic rings. The molecule has 6 aliphatic rings. The number of rotatable bonds is 6. The lowest BCUT2D eigenvalue weighted by Crippen LogP contribution is -2.63. The number of hydrogen-bond donors (Lipinski definition) is 2. The Labute approximate surface area is 200 Å². The number of amides is 2. The molecule has 4 bridgehead atoms. The summed E-state index contributed by atoms with van der Waals surface area (Å²) in [5, 5.41) is 0.741. The van der Waals surface area contributed by atoms with Gasteiger partial charge in [0.05, 0.1) is 11.2 Å². The second kappa shape index (κ2) is 10.0. The molecular formula is C24H38N2O4S2. The van der Waals surface area contributed by atoms with E-state index in [9.17, 15) is 9.59 Å². The van der Waals surface area contributed by atoms with Crippen molar-refractivity contribution in [1.29, 1.82) is 0 Å². The summed E-state index contributed by atoms with van der Waals surface area (Å²) in [4.78, 5) is 37.4. The zero-order valence-corrected chi connectivity index (χ0v) is 20.7. The van der Waals surface area contributed by atoms with Crippen LogP contribution < -0.4 is 11.0 Å². The molecule has 6 aliphatic carbocycles. The molecule has 0 aromatic heterocycles. The molecule has 8 heteroatoms. The van der Waals surface area contributed by atoms with Gasteiger partial charge in [-0.2, -0.15) is 0 Å². The minimum Gasteiger partial charge on any atom is -0.266 e. The maximum atomic E-state index is 12.5. The van der Waals surface area contributed by atoms with E-state index in [4.69, 9.17) is 9.68 Å². The van der Waals surface area contributed by atoms with Crippen molar-refractivity contribution in [3.8, 4) is 0 Å². The van der Waals surface area contributed by atoms with Gasteiger partial charge in [0.2, 0.25) is 0 Å². The lowest BCUT2D eigenvalue weighted by Gasteiger charge is -2.60. The Kier molecular flexibility index (Phi) is 7.32. The largest absolute Gasteiger partial charge is 0.302 e. The van der Waals surface area contributed by atoms with Crippen molar-refractivity contribution in [3.05, 3.63) is 0 Å². The quantitative estimate of drug-likeness (QED) is 0.421. The highest BCUT2D eigenvalue weighted by atomic mass is 32.2. The van der Waals surface area contributed by atoms with Gasteiger partial charge in [0, 0.05) is 16.9 Å². The van der Waals surface area contributed by atoms with Crippen molar-refractivity contribution in [2.24, 2.45) is 11.8 Å². The fourth-order valence-corrected chi connectivity index (χ4v) is 9.27. The summed E-state index contributed by atoms with van der Waals surface area (Å²) in [6.07, 6.45) is 17.9. The first-order valence-electron chi connectivity index (χ1n) is 12.8. The fourth-order valence-electron chi connectivity index (χ4n) is 7.35. The van der Waals surface area contributed by atoms with Crippen molar-refractivity contribution >= 4 is 34.0 Å². The SMILES string of the molecule is O=C(NOC12CC3CC(C1)CC(ONC(=O)SC1CCCCC1)(C3)C2)SC1CCCCC1. The normalized spacial score (nSPS) is 37.4. The predicted molar refractivity (Wildman–Crippen MR) is 128 cm³/mol. The molecule has 6 rings (SSSR count). The highest BCUT2D eigenvalue weighted by Crippen LogP contribution is 2.59. The first kappa shape index (κ1) is 23.3. The van der Waals surface area contributed by atoms with Crippen molar-refractivity contribution in [2.75, 3.05) is 0 Å². The van der Waals surface area contributed by atoms with Crippen LogP contribution in [0.4, 0.5) is 9.59 Å². The zero-order valence-electron chi connectivity index (χ0n) is 19.1. The first-order chi connectivity index (χ1) is 15.5. The molecule has 2 amide bonds. The van der Waals surface area contributed by atoms with Crippen molar-refractivity contribution in [2.45, 2.75) is 124 Å². The molecule has 0 saturated heterocycles. The Bertz CT molecular complexity index is 625. The number of hydrogen-bond acceptors (Lipinski definition) is 6. The molecule has 0 aromatic carbocycles. The summed E-state index contributed by atoms with van der Waals surface area (Å²) in [5.41, 5.74) is 4.89. The van der Waals surface area contributed by atoms with E-state index in [2.05, 4.69) is 11.0 Å². The van der Waals surface area contributed by atoms with E-state index >= 15 is 0 Å². The first-order valence-corrected chi connectivity index (χ1v) is 14.6. The Morgan fingerprint density at radius 3 is 1.47 bits per heavy atom. The van der Waals surface area contributed by atoms with Gasteiger partial charge < -0.3 is 0 Å². The molecule has 0 radical (unpaired) electrons. The molecule has 180 valence electrons. The number of thioether (sulfide) groups is 2. The van der Waals surface area contributed by atoms with Crippen LogP contribution in [0.25, 0.3) is 0 Å². The average molecular weight is 483 g/mol. The number of carbonyl (C=O) groups excluding carboxylic acids is 2. The van der Waals surface area contributed by atoms with Gasteiger partial charge in [0.25, 0.3) is 0 Å². The van der Waals surface area contributed by atoms with Gasteiger partial charge in [0.1, 0.15) is 0 Å². The second-order valence-electron chi connectivity index (χ2n) is 11.1. The van der Waals surface area contributed by atoms with Crippen LogP contribution >= 0.6 is 23.5 Å². The van der Waals surface area contributed by atoms with Crippen LogP contribution in [0.1, 0.15) is 103 Å². The van der Waals surface area contributed by atoms with Gasteiger partial charge in [-0.15, -0.1) is 0 Å². The third kappa shape index (κ3) is 5.61. The van der Waals surface area contributed by atoms with E-state index in [0.29, 0.717) is 22.3 Å². The molecule has 6 nitrogen and oxygen atoms in total. The number of hydroxylamine groups is 2.